The lowest BCUT2D eigenvalue weighted by atomic mass is 10.2. The standard InChI is InChI=1S/C21H22ClF3N6O5S/c1-2-34-9-14-10-35-19-15(7-26-8-16(19)36-12-21(23,24)25)20-30-29-18(31(14)20)11-37(32,33)4-3-17-27-5-13(22)6-28-17/h5-8,14H,2-4,9-12H2,1H3/t14-/m1/s1. The van der Waals surface area contributed by atoms with E-state index in [2.05, 4.69) is 25.1 Å². The Balaban J connectivity index is 1.64. The van der Waals surface area contributed by atoms with Crippen LogP contribution >= 0.6 is 11.6 Å². The van der Waals surface area contributed by atoms with E-state index in [-0.39, 0.29) is 54.1 Å². The molecule has 4 rings (SSSR count). The van der Waals surface area contributed by atoms with Crippen molar-refractivity contribution in [1.29, 1.82) is 0 Å². The Hall–Kier alpha value is -3.04. The first-order chi connectivity index (χ1) is 17.6. The molecule has 1 aliphatic heterocycles. The number of aromatic nitrogens is 6. The quantitative estimate of drug-likeness (QED) is 0.363. The first-order valence-electron chi connectivity index (χ1n) is 11.1. The highest BCUT2D eigenvalue weighted by Gasteiger charge is 2.33. The number of fused-ring (bicyclic) bond motifs is 3. The van der Waals surface area contributed by atoms with Gasteiger partial charge in [0.05, 0.1) is 35.2 Å². The van der Waals surface area contributed by atoms with Crippen molar-refractivity contribution in [3.8, 4) is 22.9 Å². The maximum atomic E-state index is 12.9. The van der Waals surface area contributed by atoms with Crippen molar-refractivity contribution in [3.63, 3.8) is 0 Å². The van der Waals surface area contributed by atoms with E-state index in [0.717, 1.165) is 6.20 Å². The maximum Gasteiger partial charge on any atom is 0.422 e. The number of hydrogen-bond donors (Lipinski definition) is 0. The van der Waals surface area contributed by atoms with E-state index in [1.807, 2.05) is 0 Å². The van der Waals surface area contributed by atoms with Crippen molar-refractivity contribution in [2.24, 2.45) is 0 Å². The summed E-state index contributed by atoms with van der Waals surface area (Å²) in [5.74, 6) is -0.315. The minimum atomic E-state index is -4.57. The fourth-order valence-corrected chi connectivity index (χ4v) is 4.93. The minimum Gasteiger partial charge on any atom is -0.487 e. The van der Waals surface area contributed by atoms with Gasteiger partial charge in [-0.05, 0) is 6.92 Å². The maximum absolute atomic E-state index is 12.9. The second kappa shape index (κ2) is 11.1. The summed E-state index contributed by atoms with van der Waals surface area (Å²) in [7, 11) is -3.70. The van der Waals surface area contributed by atoms with Crippen LogP contribution < -0.4 is 9.47 Å². The Morgan fingerprint density at radius 1 is 1.19 bits per heavy atom. The van der Waals surface area contributed by atoms with Gasteiger partial charge in [-0.2, -0.15) is 13.2 Å². The average molecular weight is 563 g/mol. The van der Waals surface area contributed by atoms with Crippen molar-refractivity contribution in [2.45, 2.75) is 31.3 Å². The molecule has 0 aliphatic carbocycles. The lowest BCUT2D eigenvalue weighted by molar-refractivity contribution is -0.153. The molecule has 1 aliphatic rings. The Morgan fingerprint density at radius 2 is 1.95 bits per heavy atom. The molecule has 0 amide bonds. The summed E-state index contributed by atoms with van der Waals surface area (Å²) in [5.41, 5.74) is 0.212. The van der Waals surface area contributed by atoms with Crippen LogP contribution in [0.25, 0.3) is 11.4 Å². The zero-order valence-electron chi connectivity index (χ0n) is 19.5. The van der Waals surface area contributed by atoms with Crippen LogP contribution in [0, 0.1) is 0 Å². The van der Waals surface area contributed by atoms with Gasteiger partial charge in [-0.15, -0.1) is 10.2 Å². The number of rotatable bonds is 10. The van der Waals surface area contributed by atoms with Crippen LogP contribution in [0.1, 0.15) is 24.6 Å². The van der Waals surface area contributed by atoms with E-state index in [1.165, 1.54) is 18.6 Å². The van der Waals surface area contributed by atoms with Crippen molar-refractivity contribution in [2.75, 3.05) is 32.2 Å². The summed E-state index contributed by atoms with van der Waals surface area (Å²) in [5, 5.41) is 8.56. The highest BCUT2D eigenvalue weighted by atomic mass is 35.5. The SMILES string of the molecule is CCOC[C@@H]1COc2c(OCC(F)(F)F)cncc2-c2nnc(CS(=O)(=O)CCc3ncc(Cl)cn3)n21. The average Bonchev–Trinajstić information content (AvgIpc) is 3.16. The number of alkyl halides is 3. The van der Waals surface area contributed by atoms with Gasteiger partial charge < -0.3 is 18.8 Å². The highest BCUT2D eigenvalue weighted by molar-refractivity contribution is 7.90. The summed E-state index contributed by atoms with van der Waals surface area (Å²) in [6, 6.07) is -0.572. The van der Waals surface area contributed by atoms with E-state index in [1.54, 1.807) is 11.5 Å². The molecule has 0 aromatic carbocycles. The molecule has 200 valence electrons. The minimum absolute atomic E-state index is 0.00110. The second-order valence-corrected chi connectivity index (χ2v) is 10.6. The predicted molar refractivity (Wildman–Crippen MR) is 124 cm³/mol. The van der Waals surface area contributed by atoms with Gasteiger partial charge in [0.1, 0.15) is 24.0 Å². The number of pyridine rings is 1. The van der Waals surface area contributed by atoms with Crippen molar-refractivity contribution < 1.29 is 35.8 Å². The summed E-state index contributed by atoms with van der Waals surface area (Å²) in [6.07, 6.45) is 0.715. The third kappa shape index (κ3) is 6.84. The van der Waals surface area contributed by atoms with E-state index in [4.69, 9.17) is 25.8 Å². The molecule has 0 radical (unpaired) electrons. The first kappa shape index (κ1) is 27.0. The lowest BCUT2D eigenvalue weighted by Gasteiger charge is -2.19. The number of hydrogen-bond acceptors (Lipinski definition) is 10. The molecule has 0 spiro atoms. The van der Waals surface area contributed by atoms with Gasteiger partial charge in [0.15, 0.2) is 33.8 Å². The molecule has 37 heavy (non-hydrogen) atoms. The molecule has 4 heterocycles. The van der Waals surface area contributed by atoms with Crippen LogP contribution in [-0.4, -0.2) is 76.5 Å². The molecule has 3 aromatic rings. The van der Waals surface area contributed by atoms with Gasteiger partial charge in [0, 0.05) is 31.6 Å². The van der Waals surface area contributed by atoms with Gasteiger partial charge in [0.25, 0.3) is 0 Å². The van der Waals surface area contributed by atoms with E-state index < -0.39 is 34.4 Å². The van der Waals surface area contributed by atoms with Crippen LogP contribution in [0.2, 0.25) is 5.02 Å². The molecule has 1 atom stereocenters. The molecule has 0 saturated heterocycles. The largest absolute Gasteiger partial charge is 0.487 e. The molecule has 0 bridgehead atoms. The molecule has 0 unspecified atom stereocenters. The molecule has 3 aromatic heterocycles. The number of nitrogens with zero attached hydrogens (tertiary/aromatic N) is 6. The Labute approximate surface area is 214 Å². The number of aryl methyl sites for hydroxylation is 1. The first-order valence-corrected chi connectivity index (χ1v) is 13.3. The number of halogens is 4. The van der Waals surface area contributed by atoms with Crippen molar-refractivity contribution in [1.82, 2.24) is 29.7 Å². The zero-order valence-corrected chi connectivity index (χ0v) is 21.1. The third-order valence-corrected chi connectivity index (χ3v) is 6.94. The van der Waals surface area contributed by atoms with Crippen LogP contribution in [-0.2, 0) is 26.7 Å². The van der Waals surface area contributed by atoms with E-state index in [9.17, 15) is 21.6 Å². The fourth-order valence-electron chi connectivity index (χ4n) is 3.60. The predicted octanol–water partition coefficient (Wildman–Crippen LogP) is 2.85. The Kier molecular flexibility index (Phi) is 8.14. The molecule has 0 N–H and O–H groups in total. The Bertz CT molecular complexity index is 1340. The molecular weight excluding hydrogens is 541 g/mol. The summed E-state index contributed by atoms with van der Waals surface area (Å²) in [6.45, 7) is 0.682. The van der Waals surface area contributed by atoms with Gasteiger partial charge in [-0.1, -0.05) is 11.6 Å². The monoisotopic (exact) mass is 562 g/mol. The smallest absolute Gasteiger partial charge is 0.422 e. The molecule has 0 saturated carbocycles. The van der Waals surface area contributed by atoms with Crippen molar-refractivity contribution in [3.05, 3.63) is 41.5 Å². The van der Waals surface area contributed by atoms with Crippen LogP contribution in [0.4, 0.5) is 13.2 Å². The van der Waals surface area contributed by atoms with Gasteiger partial charge >= 0.3 is 6.18 Å². The van der Waals surface area contributed by atoms with Gasteiger partial charge in [0.2, 0.25) is 0 Å². The second-order valence-electron chi connectivity index (χ2n) is 8.01. The van der Waals surface area contributed by atoms with E-state index in [0.29, 0.717) is 17.5 Å². The summed E-state index contributed by atoms with van der Waals surface area (Å²) in [4.78, 5) is 12.0. The molecule has 16 heteroatoms. The Morgan fingerprint density at radius 3 is 2.65 bits per heavy atom. The van der Waals surface area contributed by atoms with Crippen LogP contribution in [0.5, 0.6) is 11.5 Å². The molecule has 11 nitrogen and oxygen atoms in total. The number of sulfone groups is 1. The van der Waals surface area contributed by atoms with Crippen LogP contribution in [0.15, 0.2) is 24.8 Å². The molecule has 0 fully saturated rings. The van der Waals surface area contributed by atoms with E-state index >= 15 is 0 Å². The topological polar surface area (TPSA) is 131 Å². The normalized spacial score (nSPS) is 15.4. The summed E-state index contributed by atoms with van der Waals surface area (Å²) < 4.78 is 82.0. The number of ether oxygens (including phenoxy) is 3. The molecular formula is C21H22ClF3N6O5S. The third-order valence-electron chi connectivity index (χ3n) is 5.22. The van der Waals surface area contributed by atoms with Gasteiger partial charge in [-0.3, -0.25) is 4.98 Å². The van der Waals surface area contributed by atoms with Crippen molar-refractivity contribution >= 4 is 21.4 Å². The lowest BCUT2D eigenvalue weighted by Crippen LogP contribution is -2.25. The van der Waals surface area contributed by atoms with Gasteiger partial charge in [-0.25, -0.2) is 18.4 Å². The van der Waals surface area contributed by atoms with Crippen LogP contribution in [0.3, 0.4) is 0 Å². The zero-order chi connectivity index (χ0) is 26.6. The highest BCUT2D eigenvalue weighted by Crippen LogP contribution is 2.41. The fraction of sp³-hybridized carbons (Fsp3) is 0.476. The summed E-state index contributed by atoms with van der Waals surface area (Å²) >= 11 is 5.77.